The number of hydrogen-bond donors (Lipinski definition) is 1. The van der Waals surface area contributed by atoms with Gasteiger partial charge in [0.15, 0.2) is 0 Å². The van der Waals surface area contributed by atoms with Crippen LogP contribution in [0.25, 0.3) is 0 Å². The van der Waals surface area contributed by atoms with Gasteiger partial charge in [0.1, 0.15) is 6.54 Å². The van der Waals surface area contributed by atoms with Crippen LogP contribution in [0.3, 0.4) is 0 Å². The van der Waals surface area contributed by atoms with Crippen molar-refractivity contribution in [2.45, 2.75) is 38.6 Å². The lowest BCUT2D eigenvalue weighted by atomic mass is 10.2. The summed E-state index contributed by atoms with van der Waals surface area (Å²) in [5, 5.41) is 2.92. The second-order valence-corrected chi connectivity index (χ2v) is 6.16. The van der Waals surface area contributed by atoms with Gasteiger partial charge in [-0.3, -0.25) is 9.59 Å². The number of amides is 2. The molecule has 1 aliphatic heterocycles. The standard InChI is InChI=1S/C17H23N3O2/c1-13(21)20(12-17(22)18-14-4-5-14)16-8-6-15(7-9-16)19-10-2-3-11-19/h6-9,14H,2-5,10-12H2,1H3,(H,18,22). The van der Waals surface area contributed by atoms with E-state index in [9.17, 15) is 9.59 Å². The van der Waals surface area contributed by atoms with Gasteiger partial charge in [0.05, 0.1) is 0 Å². The van der Waals surface area contributed by atoms with Crippen LogP contribution in [0.15, 0.2) is 24.3 Å². The molecule has 1 aromatic rings. The van der Waals surface area contributed by atoms with E-state index in [0.29, 0.717) is 6.04 Å². The van der Waals surface area contributed by atoms with Crippen molar-refractivity contribution in [3.05, 3.63) is 24.3 Å². The highest BCUT2D eigenvalue weighted by Crippen LogP contribution is 2.24. The van der Waals surface area contributed by atoms with Crippen LogP contribution in [0.2, 0.25) is 0 Å². The van der Waals surface area contributed by atoms with Crippen LogP contribution in [0.1, 0.15) is 32.6 Å². The number of anilines is 2. The summed E-state index contributed by atoms with van der Waals surface area (Å²) in [6.45, 7) is 3.78. The minimum atomic E-state index is -0.111. The van der Waals surface area contributed by atoms with Gasteiger partial charge in [-0.2, -0.15) is 0 Å². The Kier molecular flexibility index (Phi) is 4.32. The lowest BCUT2D eigenvalue weighted by Gasteiger charge is -2.23. The summed E-state index contributed by atoms with van der Waals surface area (Å²) in [5.41, 5.74) is 1.97. The zero-order chi connectivity index (χ0) is 15.5. The van der Waals surface area contributed by atoms with Crippen LogP contribution in [0.5, 0.6) is 0 Å². The van der Waals surface area contributed by atoms with Gasteiger partial charge in [0.2, 0.25) is 11.8 Å². The zero-order valence-electron chi connectivity index (χ0n) is 13.0. The van der Waals surface area contributed by atoms with E-state index in [2.05, 4.69) is 10.2 Å². The first-order valence-corrected chi connectivity index (χ1v) is 8.06. The fourth-order valence-electron chi connectivity index (χ4n) is 2.85. The van der Waals surface area contributed by atoms with Gasteiger partial charge in [0.25, 0.3) is 0 Å². The van der Waals surface area contributed by atoms with Gasteiger partial charge < -0.3 is 15.1 Å². The Morgan fingerprint density at radius 3 is 2.36 bits per heavy atom. The van der Waals surface area contributed by atoms with Crippen LogP contribution < -0.4 is 15.1 Å². The smallest absolute Gasteiger partial charge is 0.240 e. The lowest BCUT2D eigenvalue weighted by molar-refractivity contribution is -0.123. The number of carbonyl (C=O) groups is 2. The Balaban J connectivity index is 1.67. The second kappa shape index (κ2) is 6.38. The first-order valence-electron chi connectivity index (χ1n) is 8.06. The van der Waals surface area contributed by atoms with Crippen molar-refractivity contribution in [1.82, 2.24) is 5.32 Å². The van der Waals surface area contributed by atoms with E-state index in [4.69, 9.17) is 0 Å². The maximum absolute atomic E-state index is 11.9. The molecule has 5 nitrogen and oxygen atoms in total. The van der Waals surface area contributed by atoms with E-state index in [1.54, 1.807) is 0 Å². The van der Waals surface area contributed by atoms with Crippen molar-refractivity contribution in [2.24, 2.45) is 0 Å². The molecule has 0 aromatic heterocycles. The molecule has 5 heteroatoms. The van der Waals surface area contributed by atoms with Crippen LogP contribution in [0.4, 0.5) is 11.4 Å². The molecule has 1 aliphatic carbocycles. The quantitative estimate of drug-likeness (QED) is 0.904. The molecule has 0 atom stereocenters. The summed E-state index contributed by atoms with van der Waals surface area (Å²) < 4.78 is 0. The first-order chi connectivity index (χ1) is 10.6. The maximum Gasteiger partial charge on any atom is 0.240 e. The molecule has 2 fully saturated rings. The third kappa shape index (κ3) is 3.59. The molecule has 1 heterocycles. The number of rotatable bonds is 5. The number of nitrogens with zero attached hydrogens (tertiary/aromatic N) is 2. The lowest BCUT2D eigenvalue weighted by Crippen LogP contribution is -2.40. The molecular formula is C17H23N3O2. The Hall–Kier alpha value is -2.04. The molecule has 1 N–H and O–H groups in total. The summed E-state index contributed by atoms with van der Waals surface area (Å²) in [6, 6.07) is 8.25. The summed E-state index contributed by atoms with van der Waals surface area (Å²) in [6.07, 6.45) is 4.58. The van der Waals surface area contributed by atoms with E-state index in [-0.39, 0.29) is 18.4 Å². The van der Waals surface area contributed by atoms with Crippen molar-refractivity contribution in [3.8, 4) is 0 Å². The minimum absolute atomic E-state index is 0.0821. The largest absolute Gasteiger partial charge is 0.372 e. The Bertz CT molecular complexity index is 546. The topological polar surface area (TPSA) is 52.7 Å². The highest BCUT2D eigenvalue weighted by Gasteiger charge is 2.25. The first kappa shape index (κ1) is 14.9. The van der Waals surface area contributed by atoms with E-state index in [1.165, 1.54) is 30.4 Å². The van der Waals surface area contributed by atoms with Gasteiger partial charge in [-0.25, -0.2) is 0 Å². The summed E-state index contributed by atoms with van der Waals surface area (Å²) in [5.74, 6) is -0.193. The van der Waals surface area contributed by atoms with Crippen LogP contribution in [-0.2, 0) is 9.59 Å². The summed E-state index contributed by atoms with van der Waals surface area (Å²) in [7, 11) is 0. The molecule has 0 spiro atoms. The van der Waals surface area contributed by atoms with Crippen molar-refractivity contribution < 1.29 is 9.59 Å². The average molecular weight is 301 g/mol. The van der Waals surface area contributed by atoms with E-state index >= 15 is 0 Å². The van der Waals surface area contributed by atoms with E-state index in [0.717, 1.165) is 31.6 Å². The molecule has 0 radical (unpaired) electrons. The number of nitrogens with one attached hydrogen (secondary N) is 1. The molecule has 0 bridgehead atoms. The minimum Gasteiger partial charge on any atom is -0.372 e. The molecular weight excluding hydrogens is 278 g/mol. The molecule has 1 aromatic carbocycles. The third-order valence-electron chi connectivity index (χ3n) is 4.26. The van der Waals surface area contributed by atoms with E-state index in [1.807, 2.05) is 24.3 Å². The predicted molar refractivity (Wildman–Crippen MR) is 87.1 cm³/mol. The molecule has 118 valence electrons. The molecule has 1 saturated heterocycles. The van der Waals surface area contributed by atoms with Crippen LogP contribution in [0, 0.1) is 0 Å². The SMILES string of the molecule is CC(=O)N(CC(=O)NC1CC1)c1ccc(N2CCCC2)cc1. The Labute approximate surface area is 131 Å². The third-order valence-corrected chi connectivity index (χ3v) is 4.26. The van der Waals surface area contributed by atoms with Crippen LogP contribution >= 0.6 is 0 Å². The van der Waals surface area contributed by atoms with Gasteiger partial charge >= 0.3 is 0 Å². The van der Waals surface area contributed by atoms with Gasteiger partial charge in [0, 0.05) is 37.4 Å². The highest BCUT2D eigenvalue weighted by molar-refractivity contribution is 5.97. The monoisotopic (exact) mass is 301 g/mol. The van der Waals surface area contributed by atoms with Crippen molar-refractivity contribution >= 4 is 23.2 Å². The van der Waals surface area contributed by atoms with Crippen molar-refractivity contribution in [3.63, 3.8) is 0 Å². The number of carbonyl (C=O) groups excluding carboxylic acids is 2. The number of benzene rings is 1. The van der Waals surface area contributed by atoms with Gasteiger partial charge in [-0.1, -0.05) is 0 Å². The molecule has 2 amide bonds. The fraction of sp³-hybridized carbons (Fsp3) is 0.529. The predicted octanol–water partition coefficient (Wildman–Crippen LogP) is 1.92. The second-order valence-electron chi connectivity index (χ2n) is 6.16. The average Bonchev–Trinajstić information content (AvgIpc) is 3.15. The normalized spacial score (nSPS) is 17.4. The van der Waals surface area contributed by atoms with Crippen molar-refractivity contribution in [2.75, 3.05) is 29.4 Å². The Morgan fingerprint density at radius 2 is 1.82 bits per heavy atom. The van der Waals surface area contributed by atoms with Crippen molar-refractivity contribution in [1.29, 1.82) is 0 Å². The summed E-state index contributed by atoms with van der Waals surface area (Å²) in [4.78, 5) is 27.7. The highest BCUT2D eigenvalue weighted by atomic mass is 16.2. The van der Waals surface area contributed by atoms with Gasteiger partial charge in [-0.15, -0.1) is 0 Å². The molecule has 3 rings (SSSR count). The summed E-state index contributed by atoms with van der Waals surface area (Å²) >= 11 is 0. The van der Waals surface area contributed by atoms with E-state index < -0.39 is 0 Å². The number of hydrogen-bond acceptors (Lipinski definition) is 3. The molecule has 0 unspecified atom stereocenters. The maximum atomic E-state index is 11.9. The molecule has 22 heavy (non-hydrogen) atoms. The van der Waals surface area contributed by atoms with Crippen LogP contribution in [-0.4, -0.2) is 37.5 Å². The molecule has 1 saturated carbocycles. The fourth-order valence-corrected chi connectivity index (χ4v) is 2.85. The van der Waals surface area contributed by atoms with Gasteiger partial charge in [-0.05, 0) is 49.9 Å². The Morgan fingerprint density at radius 1 is 1.18 bits per heavy atom. The molecule has 2 aliphatic rings. The zero-order valence-corrected chi connectivity index (χ0v) is 13.0.